The molecule has 12 rings (SSSR count). The van der Waals surface area contributed by atoms with Gasteiger partial charge < -0.3 is 8.98 Å². The van der Waals surface area contributed by atoms with Crippen LogP contribution in [-0.2, 0) is 0 Å². The predicted octanol–water partition coefficient (Wildman–Crippen LogP) is 14.4. The summed E-state index contributed by atoms with van der Waals surface area (Å²) < 4.78 is 8.84. The van der Waals surface area contributed by atoms with Crippen molar-refractivity contribution >= 4 is 54.5 Å². The number of aromatic nitrogens is 4. The lowest BCUT2D eigenvalue weighted by atomic mass is 10.00. The van der Waals surface area contributed by atoms with Gasteiger partial charge in [0.2, 0.25) is 0 Å². The van der Waals surface area contributed by atoms with Crippen molar-refractivity contribution in [3.63, 3.8) is 0 Å². The average molecular weight is 767 g/mol. The Morgan fingerprint density at radius 2 is 0.933 bits per heavy atom. The summed E-state index contributed by atoms with van der Waals surface area (Å²) in [5.74, 6) is 1.75. The van der Waals surface area contributed by atoms with Crippen molar-refractivity contribution in [2.24, 2.45) is 0 Å². The van der Waals surface area contributed by atoms with Gasteiger partial charge in [-0.1, -0.05) is 158 Å². The summed E-state index contributed by atoms with van der Waals surface area (Å²) in [5.41, 5.74) is 12.2. The molecule has 0 aliphatic carbocycles. The fourth-order valence-electron chi connectivity index (χ4n) is 8.72. The van der Waals surface area contributed by atoms with Crippen molar-refractivity contribution in [3.8, 4) is 62.1 Å². The zero-order valence-corrected chi connectivity index (χ0v) is 32.3. The Morgan fingerprint density at radius 1 is 0.333 bits per heavy atom. The van der Waals surface area contributed by atoms with Gasteiger partial charge in [-0.15, -0.1) is 0 Å². The van der Waals surface area contributed by atoms with Gasteiger partial charge in [-0.05, 0) is 81.6 Å². The first kappa shape index (κ1) is 33.9. The van der Waals surface area contributed by atoms with Gasteiger partial charge in [-0.3, -0.25) is 0 Å². The number of rotatable bonds is 6. The lowest BCUT2D eigenvalue weighted by Gasteiger charge is -2.12. The summed E-state index contributed by atoms with van der Waals surface area (Å²) in [5, 5.41) is 7.02. The molecule has 0 saturated heterocycles. The molecule has 0 unspecified atom stereocenters. The number of hydrogen-bond donors (Lipinski definition) is 0. The first-order valence-corrected chi connectivity index (χ1v) is 20.2. The maximum atomic E-state index is 6.44. The van der Waals surface area contributed by atoms with E-state index in [-0.39, 0.29) is 0 Å². The zero-order chi connectivity index (χ0) is 39.6. The third kappa shape index (κ3) is 5.67. The van der Waals surface area contributed by atoms with Gasteiger partial charge in [0.15, 0.2) is 17.5 Å². The summed E-state index contributed by atoms with van der Waals surface area (Å²) in [4.78, 5) is 15.3. The summed E-state index contributed by atoms with van der Waals surface area (Å²) in [6.07, 6.45) is 0. The predicted molar refractivity (Wildman–Crippen MR) is 246 cm³/mol. The molecule has 0 bridgehead atoms. The molecule has 0 aliphatic rings. The number of fused-ring (bicyclic) bond motifs is 7. The highest BCUT2D eigenvalue weighted by Crippen LogP contribution is 2.38. The Balaban J connectivity index is 0.982. The van der Waals surface area contributed by atoms with Crippen LogP contribution in [0.3, 0.4) is 0 Å². The molecule has 5 heteroatoms. The fourth-order valence-corrected chi connectivity index (χ4v) is 8.72. The highest BCUT2D eigenvalue weighted by molar-refractivity contribution is 6.11. The molecule has 0 radical (unpaired) electrons. The Bertz CT molecular complexity index is 3620. The van der Waals surface area contributed by atoms with Gasteiger partial charge in [0.25, 0.3) is 0 Å². The minimum absolute atomic E-state index is 0.560. The molecule has 0 amide bonds. The Hall–Kier alpha value is -8.15. The second-order valence-corrected chi connectivity index (χ2v) is 15.2. The maximum absolute atomic E-state index is 6.44. The highest BCUT2D eigenvalue weighted by Gasteiger charge is 2.19. The van der Waals surface area contributed by atoms with E-state index in [0.717, 1.165) is 55.4 Å². The zero-order valence-electron chi connectivity index (χ0n) is 32.3. The van der Waals surface area contributed by atoms with Crippen molar-refractivity contribution in [2.75, 3.05) is 0 Å². The van der Waals surface area contributed by atoms with Crippen LogP contribution in [0, 0.1) is 0 Å². The van der Waals surface area contributed by atoms with Gasteiger partial charge >= 0.3 is 0 Å². The molecule has 0 spiro atoms. The van der Waals surface area contributed by atoms with E-state index in [1.54, 1.807) is 0 Å². The summed E-state index contributed by atoms with van der Waals surface area (Å²) >= 11 is 0. The van der Waals surface area contributed by atoms with Crippen LogP contribution in [0.4, 0.5) is 0 Å². The summed E-state index contributed by atoms with van der Waals surface area (Å²) in [7, 11) is 0. The van der Waals surface area contributed by atoms with Crippen molar-refractivity contribution < 1.29 is 4.42 Å². The molecule has 3 aromatic heterocycles. The van der Waals surface area contributed by atoms with E-state index >= 15 is 0 Å². The van der Waals surface area contributed by atoms with Crippen LogP contribution in [0.25, 0.3) is 117 Å². The number of hydrogen-bond acceptors (Lipinski definition) is 4. The standard InChI is InChI=1S/C55H34N4O/c1-2-14-36(15-3-1)53-56-54(58-55(57-53)48-24-12-23-47-46-22-7-9-26-51(46)60-52(47)48)42-19-10-17-38(32-42)39-18-11-20-43(33-39)59-49-25-8-6-21-44(49)45-30-29-41(34-50(45)59)40-28-27-35-13-4-5-16-37(35)31-40/h1-34H. The second-order valence-electron chi connectivity index (χ2n) is 15.2. The largest absolute Gasteiger partial charge is 0.455 e. The van der Waals surface area contributed by atoms with Gasteiger partial charge in [0, 0.05) is 38.4 Å². The van der Waals surface area contributed by atoms with E-state index in [1.165, 1.54) is 43.7 Å². The van der Waals surface area contributed by atoms with Crippen LogP contribution < -0.4 is 0 Å². The molecule has 3 heterocycles. The maximum Gasteiger partial charge on any atom is 0.167 e. The van der Waals surface area contributed by atoms with Gasteiger partial charge in [-0.25, -0.2) is 15.0 Å². The molecular weight excluding hydrogens is 733 g/mol. The van der Waals surface area contributed by atoms with E-state index in [2.05, 4.69) is 150 Å². The first-order valence-electron chi connectivity index (χ1n) is 20.2. The number of nitrogens with zero attached hydrogens (tertiary/aromatic N) is 4. The van der Waals surface area contributed by atoms with Crippen LogP contribution in [0.1, 0.15) is 0 Å². The van der Waals surface area contributed by atoms with Gasteiger partial charge in [0.05, 0.1) is 16.6 Å². The van der Waals surface area contributed by atoms with Crippen LogP contribution in [0.5, 0.6) is 0 Å². The lowest BCUT2D eigenvalue weighted by Crippen LogP contribution is -2.00. The number of para-hydroxylation sites is 3. The second kappa shape index (κ2) is 13.8. The molecular formula is C55H34N4O. The monoisotopic (exact) mass is 766 g/mol. The van der Waals surface area contributed by atoms with Crippen LogP contribution >= 0.6 is 0 Å². The van der Waals surface area contributed by atoms with Crippen molar-refractivity contribution in [2.45, 2.75) is 0 Å². The smallest absolute Gasteiger partial charge is 0.167 e. The molecule has 12 aromatic rings. The Labute approximate surface area is 345 Å². The first-order chi connectivity index (χ1) is 29.7. The molecule has 9 aromatic carbocycles. The third-order valence-corrected chi connectivity index (χ3v) is 11.6. The molecule has 60 heavy (non-hydrogen) atoms. The van der Waals surface area contributed by atoms with Crippen molar-refractivity contribution in [1.29, 1.82) is 0 Å². The number of furan rings is 1. The SMILES string of the molecule is c1ccc(-c2nc(-c3cccc(-c4cccc(-n5c6ccccc6c6ccc(-c7ccc8ccccc8c7)cc65)c4)c3)nc(-c3cccc4c3oc3ccccc34)n2)cc1. The average Bonchev–Trinajstić information content (AvgIpc) is 3.87. The Morgan fingerprint density at radius 3 is 1.83 bits per heavy atom. The molecule has 280 valence electrons. The van der Waals surface area contributed by atoms with Crippen molar-refractivity contribution in [3.05, 3.63) is 206 Å². The summed E-state index contributed by atoms with van der Waals surface area (Å²) in [6, 6.07) is 72.4. The molecule has 0 N–H and O–H groups in total. The third-order valence-electron chi connectivity index (χ3n) is 11.6. The minimum atomic E-state index is 0.560. The van der Waals surface area contributed by atoms with E-state index in [1.807, 2.05) is 60.7 Å². The van der Waals surface area contributed by atoms with E-state index < -0.39 is 0 Å². The molecule has 5 nitrogen and oxygen atoms in total. The van der Waals surface area contributed by atoms with E-state index in [9.17, 15) is 0 Å². The van der Waals surface area contributed by atoms with Crippen molar-refractivity contribution in [1.82, 2.24) is 19.5 Å². The minimum Gasteiger partial charge on any atom is -0.455 e. The normalized spacial score (nSPS) is 11.7. The van der Waals surface area contributed by atoms with Crippen LogP contribution in [0.15, 0.2) is 211 Å². The topological polar surface area (TPSA) is 56.7 Å². The Kier molecular flexibility index (Phi) is 7.78. The number of benzene rings is 9. The quantitative estimate of drug-likeness (QED) is 0.169. The van der Waals surface area contributed by atoms with Crippen LogP contribution in [0.2, 0.25) is 0 Å². The molecule has 0 saturated carbocycles. The van der Waals surface area contributed by atoms with Crippen LogP contribution in [-0.4, -0.2) is 19.5 Å². The highest BCUT2D eigenvalue weighted by atomic mass is 16.3. The van der Waals surface area contributed by atoms with Gasteiger partial charge in [-0.2, -0.15) is 0 Å². The molecule has 0 fully saturated rings. The van der Waals surface area contributed by atoms with E-state index in [0.29, 0.717) is 17.5 Å². The molecule has 0 aliphatic heterocycles. The lowest BCUT2D eigenvalue weighted by molar-refractivity contribution is 0.669. The van der Waals surface area contributed by atoms with E-state index in [4.69, 9.17) is 19.4 Å². The fraction of sp³-hybridized carbons (Fsp3) is 0. The molecule has 0 atom stereocenters. The summed E-state index contributed by atoms with van der Waals surface area (Å²) in [6.45, 7) is 0. The van der Waals surface area contributed by atoms with Gasteiger partial charge in [0.1, 0.15) is 11.2 Å².